The molecule has 6 heteroatoms. The van der Waals surface area contributed by atoms with E-state index in [4.69, 9.17) is 28.9 Å². The fourth-order valence-corrected chi connectivity index (χ4v) is 3.28. The van der Waals surface area contributed by atoms with Crippen LogP contribution in [0.2, 0.25) is 10.0 Å². The molecule has 0 saturated carbocycles. The van der Waals surface area contributed by atoms with Gasteiger partial charge in [0.25, 0.3) is 0 Å². The summed E-state index contributed by atoms with van der Waals surface area (Å²) in [4.78, 5) is 13.0. The maximum Gasteiger partial charge on any atom is 0.165 e. The Morgan fingerprint density at radius 3 is 2.40 bits per heavy atom. The van der Waals surface area contributed by atoms with Gasteiger partial charge in [-0.25, -0.2) is 15.0 Å². The largest absolute Gasteiger partial charge is 0.383 e. The molecule has 0 saturated heterocycles. The Labute approximate surface area is 154 Å². The van der Waals surface area contributed by atoms with E-state index in [0.29, 0.717) is 26.9 Å². The molecule has 0 unspecified atom stereocenters. The summed E-state index contributed by atoms with van der Waals surface area (Å²) in [5.41, 5.74) is 10.0. The van der Waals surface area contributed by atoms with E-state index in [1.807, 2.05) is 42.5 Å². The van der Waals surface area contributed by atoms with Crippen LogP contribution in [0.3, 0.4) is 0 Å². The van der Waals surface area contributed by atoms with Gasteiger partial charge < -0.3 is 5.73 Å². The van der Waals surface area contributed by atoms with E-state index in [9.17, 15) is 0 Å². The number of anilines is 1. The summed E-state index contributed by atoms with van der Waals surface area (Å²) < 4.78 is 0. The summed E-state index contributed by atoms with van der Waals surface area (Å²) in [6.45, 7) is 0. The first-order chi connectivity index (χ1) is 12.1. The number of halogens is 2. The third-order valence-electron chi connectivity index (χ3n) is 3.92. The lowest BCUT2D eigenvalue weighted by Gasteiger charge is -2.12. The highest BCUT2D eigenvalue weighted by Gasteiger charge is 2.15. The average Bonchev–Trinajstić information content (AvgIpc) is 2.62. The molecule has 0 spiro atoms. The Morgan fingerprint density at radius 1 is 0.840 bits per heavy atom. The van der Waals surface area contributed by atoms with E-state index in [1.165, 1.54) is 6.33 Å². The van der Waals surface area contributed by atoms with Gasteiger partial charge in [0.2, 0.25) is 0 Å². The molecule has 0 aliphatic carbocycles. The number of benzene rings is 2. The van der Waals surface area contributed by atoms with Gasteiger partial charge in [0, 0.05) is 26.7 Å². The van der Waals surface area contributed by atoms with Gasteiger partial charge in [0.05, 0.1) is 11.1 Å². The van der Waals surface area contributed by atoms with Gasteiger partial charge in [-0.2, -0.15) is 0 Å². The molecule has 2 aromatic carbocycles. The zero-order valence-corrected chi connectivity index (χ0v) is 14.5. The molecule has 25 heavy (non-hydrogen) atoms. The first-order valence-corrected chi connectivity index (χ1v) is 8.31. The molecular formula is C19H12Cl2N4. The summed E-state index contributed by atoms with van der Waals surface area (Å²) in [5.74, 6) is 0.359. The molecule has 4 rings (SSSR count). The molecule has 4 aromatic rings. The van der Waals surface area contributed by atoms with Crippen molar-refractivity contribution in [2.45, 2.75) is 0 Å². The predicted molar refractivity (Wildman–Crippen MR) is 103 cm³/mol. The Morgan fingerprint density at radius 2 is 1.64 bits per heavy atom. The summed E-state index contributed by atoms with van der Waals surface area (Å²) in [7, 11) is 0. The van der Waals surface area contributed by atoms with Crippen molar-refractivity contribution in [3.05, 3.63) is 71.0 Å². The second kappa shape index (κ2) is 6.31. The summed E-state index contributed by atoms with van der Waals surface area (Å²) >= 11 is 12.5. The van der Waals surface area contributed by atoms with Crippen LogP contribution in [0.5, 0.6) is 0 Å². The minimum absolute atomic E-state index is 0.359. The molecule has 2 heterocycles. The molecule has 2 aromatic heterocycles. The second-order valence-electron chi connectivity index (χ2n) is 5.50. The van der Waals surface area contributed by atoms with Gasteiger partial charge in [-0.05, 0) is 18.2 Å². The first kappa shape index (κ1) is 15.8. The highest BCUT2D eigenvalue weighted by Crippen LogP contribution is 2.37. The van der Waals surface area contributed by atoms with E-state index >= 15 is 0 Å². The molecule has 4 nitrogen and oxygen atoms in total. The van der Waals surface area contributed by atoms with Crippen LogP contribution < -0.4 is 5.73 Å². The monoisotopic (exact) mass is 366 g/mol. The van der Waals surface area contributed by atoms with E-state index in [2.05, 4.69) is 15.0 Å². The lowest BCUT2D eigenvalue weighted by Crippen LogP contribution is -1.99. The summed E-state index contributed by atoms with van der Waals surface area (Å²) in [6.07, 6.45) is 1.41. The van der Waals surface area contributed by atoms with Crippen molar-refractivity contribution in [2.75, 3.05) is 5.73 Å². The van der Waals surface area contributed by atoms with Crippen molar-refractivity contribution in [3.8, 4) is 22.4 Å². The predicted octanol–water partition coefficient (Wildman–Crippen LogP) is 5.25. The Bertz CT molecular complexity index is 1080. The third-order valence-corrected chi connectivity index (χ3v) is 4.47. The third kappa shape index (κ3) is 2.90. The molecule has 0 amide bonds. The topological polar surface area (TPSA) is 64.7 Å². The fourth-order valence-electron chi connectivity index (χ4n) is 2.76. The van der Waals surface area contributed by atoms with Crippen LogP contribution in [0, 0.1) is 0 Å². The van der Waals surface area contributed by atoms with Crippen molar-refractivity contribution in [2.24, 2.45) is 0 Å². The van der Waals surface area contributed by atoms with Crippen molar-refractivity contribution in [1.82, 2.24) is 15.0 Å². The van der Waals surface area contributed by atoms with Crippen LogP contribution in [0.25, 0.3) is 33.4 Å². The summed E-state index contributed by atoms with van der Waals surface area (Å²) in [6, 6.07) is 17.2. The normalized spacial score (nSPS) is 11.0. The first-order valence-electron chi connectivity index (χ1n) is 7.55. The number of rotatable bonds is 2. The molecule has 122 valence electrons. The van der Waals surface area contributed by atoms with Crippen LogP contribution in [0.15, 0.2) is 60.9 Å². The number of pyridine rings is 1. The number of nitrogens with zero attached hydrogens (tertiary/aromatic N) is 3. The van der Waals surface area contributed by atoms with Crippen molar-refractivity contribution in [1.29, 1.82) is 0 Å². The molecule has 0 atom stereocenters. The number of fused-ring (bicyclic) bond motifs is 1. The van der Waals surface area contributed by atoms with Gasteiger partial charge in [0.1, 0.15) is 12.1 Å². The quantitative estimate of drug-likeness (QED) is 0.526. The fraction of sp³-hybridized carbons (Fsp3) is 0. The van der Waals surface area contributed by atoms with Gasteiger partial charge >= 0.3 is 0 Å². The molecule has 0 bridgehead atoms. The molecule has 0 aliphatic rings. The van der Waals surface area contributed by atoms with E-state index in [-0.39, 0.29) is 0 Å². The minimum atomic E-state index is 0.359. The van der Waals surface area contributed by atoms with Crippen LogP contribution in [0.4, 0.5) is 5.82 Å². The highest BCUT2D eigenvalue weighted by atomic mass is 35.5. The van der Waals surface area contributed by atoms with Crippen molar-refractivity contribution >= 4 is 40.1 Å². The maximum absolute atomic E-state index is 6.43. The molecule has 0 fully saturated rings. The number of hydrogen-bond donors (Lipinski definition) is 1. The molecule has 0 radical (unpaired) electrons. The number of aromatic nitrogens is 3. The maximum atomic E-state index is 6.43. The Hall–Kier alpha value is -2.69. The van der Waals surface area contributed by atoms with Gasteiger partial charge in [0.15, 0.2) is 5.65 Å². The van der Waals surface area contributed by atoms with Gasteiger partial charge in [-0.3, -0.25) is 0 Å². The zero-order valence-electron chi connectivity index (χ0n) is 12.9. The van der Waals surface area contributed by atoms with Gasteiger partial charge in [-0.1, -0.05) is 59.6 Å². The van der Waals surface area contributed by atoms with Crippen LogP contribution >= 0.6 is 23.2 Å². The standard InChI is InChI=1S/C19H12Cl2N4/c20-12-6-7-13(15(21)8-12)14-9-16(11-4-2-1-3-5-11)25-19-17(14)18(22)23-10-24-19/h1-10H,(H2,22,23,24,25). The van der Waals surface area contributed by atoms with Crippen LogP contribution in [-0.2, 0) is 0 Å². The van der Waals surface area contributed by atoms with Gasteiger partial charge in [-0.15, -0.1) is 0 Å². The molecule has 2 N–H and O–H groups in total. The zero-order chi connectivity index (χ0) is 17.4. The van der Waals surface area contributed by atoms with E-state index < -0.39 is 0 Å². The van der Waals surface area contributed by atoms with Crippen molar-refractivity contribution < 1.29 is 0 Å². The SMILES string of the molecule is Nc1ncnc2nc(-c3ccccc3)cc(-c3ccc(Cl)cc3Cl)c12. The molecular weight excluding hydrogens is 355 g/mol. The highest BCUT2D eigenvalue weighted by molar-refractivity contribution is 6.36. The lowest BCUT2D eigenvalue weighted by atomic mass is 10.00. The Kier molecular flexibility index (Phi) is 3.99. The minimum Gasteiger partial charge on any atom is -0.383 e. The number of nitrogens with two attached hydrogens (primary N) is 1. The second-order valence-corrected chi connectivity index (χ2v) is 6.35. The lowest BCUT2D eigenvalue weighted by molar-refractivity contribution is 1.19. The number of hydrogen-bond acceptors (Lipinski definition) is 4. The van der Waals surface area contributed by atoms with Crippen molar-refractivity contribution in [3.63, 3.8) is 0 Å². The average molecular weight is 367 g/mol. The smallest absolute Gasteiger partial charge is 0.165 e. The number of nitrogen functional groups attached to an aromatic ring is 1. The molecule has 0 aliphatic heterocycles. The summed E-state index contributed by atoms with van der Waals surface area (Å²) in [5, 5.41) is 1.77. The Balaban J connectivity index is 2.07. The van der Waals surface area contributed by atoms with E-state index in [0.717, 1.165) is 22.4 Å². The van der Waals surface area contributed by atoms with E-state index in [1.54, 1.807) is 12.1 Å². The van der Waals surface area contributed by atoms with Crippen LogP contribution in [-0.4, -0.2) is 15.0 Å². The van der Waals surface area contributed by atoms with Crippen LogP contribution in [0.1, 0.15) is 0 Å².